The minimum absolute atomic E-state index is 0.683. The van der Waals surface area contributed by atoms with Crippen LogP contribution in [0.2, 0.25) is 0 Å². The summed E-state index contributed by atoms with van der Waals surface area (Å²) in [6.45, 7) is 12.2. The molecular formula is C132H92N12S6. The van der Waals surface area contributed by atoms with E-state index in [1.807, 2.05) is 194 Å². The van der Waals surface area contributed by atoms with Gasteiger partial charge in [0.2, 0.25) is 0 Å². The van der Waals surface area contributed by atoms with Gasteiger partial charge in [0.15, 0.2) is 52.4 Å². The Morgan fingerprint density at radius 1 is 0.133 bits per heavy atom. The minimum atomic E-state index is 0.683. The monoisotopic (exact) mass is 2040 g/mol. The molecule has 18 heteroatoms. The summed E-state index contributed by atoms with van der Waals surface area (Å²) in [5.74, 6) is 8.54. The second kappa shape index (κ2) is 42.2. The quantitative estimate of drug-likeness (QED) is 0.121. The van der Waals surface area contributed by atoms with E-state index in [0.717, 1.165) is 79.2 Å². The highest BCUT2D eigenvalue weighted by Gasteiger charge is 2.22. The molecular weight excluding hydrogens is 1950 g/mol. The normalized spacial score (nSPS) is 11.3. The van der Waals surface area contributed by atoms with Gasteiger partial charge in [-0.25, -0.2) is 59.8 Å². The zero-order valence-corrected chi connectivity index (χ0v) is 87.4. The first-order valence-electron chi connectivity index (χ1n) is 49.6. The van der Waals surface area contributed by atoms with Crippen LogP contribution >= 0.6 is 68.0 Å². The number of fused-ring (bicyclic) bond motifs is 18. The van der Waals surface area contributed by atoms with Crippen LogP contribution in [0, 0.1) is 41.5 Å². The maximum absolute atomic E-state index is 4.89. The molecule has 150 heavy (non-hydrogen) atoms. The highest BCUT2D eigenvalue weighted by Crippen LogP contribution is 2.46. The molecule has 0 bridgehead atoms. The van der Waals surface area contributed by atoms with Crippen LogP contribution in [0.4, 0.5) is 0 Å². The van der Waals surface area contributed by atoms with Gasteiger partial charge in [0, 0.05) is 171 Å². The van der Waals surface area contributed by atoms with Crippen molar-refractivity contribution in [1.82, 2.24) is 59.8 Å². The Hall–Kier alpha value is -17.5. The molecule has 12 nitrogen and oxygen atoms in total. The Labute approximate surface area is 890 Å². The van der Waals surface area contributed by atoms with Crippen LogP contribution in [0.5, 0.6) is 0 Å². The third-order valence-electron chi connectivity index (χ3n) is 26.4. The highest BCUT2D eigenvalue weighted by atomic mass is 32.1. The molecule has 0 aliphatic carbocycles. The molecule has 0 radical (unpaired) electrons. The van der Waals surface area contributed by atoms with Crippen molar-refractivity contribution in [3.05, 3.63) is 483 Å². The average molecular weight is 2040 g/mol. The molecule has 0 spiro atoms. The van der Waals surface area contributed by atoms with Gasteiger partial charge in [0.1, 0.15) is 17.5 Å². The van der Waals surface area contributed by atoms with Gasteiger partial charge in [0.25, 0.3) is 0 Å². The van der Waals surface area contributed by atoms with Crippen molar-refractivity contribution < 1.29 is 0 Å². The molecule has 29 aromatic rings. The Morgan fingerprint density at radius 3 is 0.887 bits per heavy atom. The second-order valence-electron chi connectivity index (χ2n) is 36.7. The SMILES string of the molecule is Cc1ccc2sc3ccc(-c4ccccc4)cc3c2c1.Cc1cccc(-c2nc(-c3ccccc3)nc(-c3ccc4sc5ccccc5c4c3)n2)c1.Cc1cccc2c1sc1c(-c3ccccc3)cccc12.Cc1nc(-c2ccccc2)nc(-c2ccc3c(c2)sc2ccccc23)n1.Cc1nc(-c2ccccc2)nc(-c2ccc3sc4ccccc4c3c2)n1.Cc1nc(-c2ccccc2)nc(-c2cccc3c2sc2ccccc23)n1. The van der Waals surface area contributed by atoms with Gasteiger partial charge >= 0.3 is 0 Å². The van der Waals surface area contributed by atoms with E-state index in [4.69, 9.17) is 29.9 Å². The predicted molar refractivity (Wildman–Crippen MR) is 638 cm³/mol. The van der Waals surface area contributed by atoms with E-state index in [2.05, 4.69) is 372 Å². The lowest BCUT2D eigenvalue weighted by molar-refractivity contribution is 0.992. The number of hydrogen-bond acceptors (Lipinski definition) is 18. The number of nitrogens with zero attached hydrogens (tertiary/aromatic N) is 12. The molecule has 0 saturated carbocycles. The van der Waals surface area contributed by atoms with E-state index in [1.165, 1.54) is 160 Å². The molecule has 10 heterocycles. The second-order valence-corrected chi connectivity index (χ2v) is 43.1. The molecule has 0 fully saturated rings. The fraction of sp³-hybridized carbons (Fsp3) is 0.0455. The molecule has 0 N–H and O–H groups in total. The number of aromatic nitrogens is 12. The summed E-state index contributed by atoms with van der Waals surface area (Å²) in [7, 11) is 0. The van der Waals surface area contributed by atoms with Crippen LogP contribution in [0.25, 0.3) is 246 Å². The smallest absolute Gasteiger partial charge is 0.165 e. The van der Waals surface area contributed by atoms with Gasteiger partial charge in [-0.1, -0.05) is 357 Å². The topological polar surface area (TPSA) is 155 Å². The summed E-state index contributed by atoms with van der Waals surface area (Å²) in [4.78, 5) is 56.2. The number of thiophene rings is 6. The Balaban J connectivity index is 0.0000000964. The highest BCUT2D eigenvalue weighted by molar-refractivity contribution is 7.28. The minimum Gasteiger partial charge on any atom is -0.213 e. The van der Waals surface area contributed by atoms with Gasteiger partial charge in [-0.15, -0.1) is 68.0 Å². The zero-order valence-electron chi connectivity index (χ0n) is 82.5. The van der Waals surface area contributed by atoms with Gasteiger partial charge < -0.3 is 0 Å². The maximum atomic E-state index is 4.89. The zero-order chi connectivity index (χ0) is 101. The molecule has 716 valence electrons. The molecule has 29 rings (SSSR count). The predicted octanol–water partition coefficient (Wildman–Crippen LogP) is 37.3. The van der Waals surface area contributed by atoms with Crippen LogP contribution in [0.3, 0.4) is 0 Å². The number of rotatable bonds is 11. The molecule has 0 atom stereocenters. The summed E-state index contributed by atoms with van der Waals surface area (Å²) >= 11 is 11.0. The van der Waals surface area contributed by atoms with Crippen molar-refractivity contribution in [2.75, 3.05) is 0 Å². The van der Waals surface area contributed by atoms with E-state index in [0.29, 0.717) is 40.8 Å². The Bertz CT molecular complexity index is 10100. The van der Waals surface area contributed by atoms with Crippen molar-refractivity contribution in [3.63, 3.8) is 0 Å². The molecule has 0 unspecified atom stereocenters. The van der Waals surface area contributed by atoms with Crippen LogP contribution in [-0.2, 0) is 0 Å². The number of aryl methyl sites for hydroxylation is 6. The van der Waals surface area contributed by atoms with Crippen LogP contribution in [-0.4, -0.2) is 59.8 Å². The summed E-state index contributed by atoms with van der Waals surface area (Å²) < 4.78 is 15.7. The van der Waals surface area contributed by atoms with Crippen molar-refractivity contribution >= 4 is 189 Å². The molecule has 10 aromatic heterocycles. The molecule has 0 aliphatic heterocycles. The average Bonchev–Trinajstić information content (AvgIpc) is 1.61. The number of hydrogen-bond donors (Lipinski definition) is 0. The van der Waals surface area contributed by atoms with E-state index < -0.39 is 0 Å². The van der Waals surface area contributed by atoms with E-state index in [1.54, 1.807) is 22.7 Å². The van der Waals surface area contributed by atoms with E-state index in [-0.39, 0.29) is 0 Å². The van der Waals surface area contributed by atoms with Gasteiger partial charge in [-0.3, -0.25) is 0 Å². The lowest BCUT2D eigenvalue weighted by atomic mass is 10.0. The van der Waals surface area contributed by atoms with Crippen molar-refractivity contribution in [2.45, 2.75) is 41.5 Å². The first-order chi connectivity index (χ1) is 73.7. The molecule has 0 aliphatic rings. The van der Waals surface area contributed by atoms with E-state index >= 15 is 0 Å². The van der Waals surface area contributed by atoms with Crippen molar-refractivity contribution in [1.29, 1.82) is 0 Å². The van der Waals surface area contributed by atoms with Gasteiger partial charge in [0.05, 0.1) is 0 Å². The largest absolute Gasteiger partial charge is 0.213 e. The van der Waals surface area contributed by atoms with Crippen LogP contribution < -0.4 is 0 Å². The first-order valence-corrected chi connectivity index (χ1v) is 54.5. The van der Waals surface area contributed by atoms with Crippen molar-refractivity contribution in [3.8, 4) is 125 Å². The summed E-state index contributed by atoms with van der Waals surface area (Å²) in [6, 6.07) is 156. The molecule has 19 aromatic carbocycles. The summed E-state index contributed by atoms with van der Waals surface area (Å²) in [5, 5.41) is 15.7. The molecule has 0 saturated heterocycles. The first kappa shape index (κ1) is 94.8. The Morgan fingerprint density at radius 2 is 0.407 bits per heavy atom. The summed E-state index contributed by atoms with van der Waals surface area (Å²) in [5.41, 5.74) is 18.1. The molecule has 0 amide bonds. The lowest BCUT2D eigenvalue weighted by Crippen LogP contribution is -2.00. The third-order valence-corrected chi connectivity index (χ3v) is 33.6. The lowest BCUT2D eigenvalue weighted by Gasteiger charge is -2.09. The van der Waals surface area contributed by atoms with Gasteiger partial charge in [-0.2, -0.15) is 0 Å². The van der Waals surface area contributed by atoms with Crippen LogP contribution in [0.1, 0.15) is 34.2 Å². The fourth-order valence-electron chi connectivity index (χ4n) is 19.1. The third kappa shape index (κ3) is 19.9. The number of benzene rings is 19. The Kier molecular flexibility index (Phi) is 26.7. The maximum Gasteiger partial charge on any atom is 0.165 e. The van der Waals surface area contributed by atoms with Crippen LogP contribution in [0.15, 0.2) is 449 Å². The van der Waals surface area contributed by atoms with Gasteiger partial charge in [-0.05, 0) is 172 Å². The van der Waals surface area contributed by atoms with Crippen molar-refractivity contribution in [2.24, 2.45) is 0 Å². The summed E-state index contributed by atoms with van der Waals surface area (Å²) in [6.07, 6.45) is 0. The fourth-order valence-corrected chi connectivity index (χ4v) is 26.0. The standard InChI is InChI=1S/C28H19N3S.3C22H15N3S.2C19H14S/c1-18-8-7-11-20(16-18)27-29-26(19-9-3-2-4-10-19)30-28(31-27)21-14-15-25-23(17-21)22-12-5-6-13-24(22)32-25;1-14-23-21(15-8-3-2-4-9-15)25-22(24-14)18-12-7-11-17-16-10-5-6-13-19(16)26-20(17)18;1-14-23-21(15-7-3-2-4-8-15)25-22(24-14)16-11-12-20-18(13-16)17-9-5-6-10-19(17)26-20;1-14-23-21(15-7-3-2-4-8-15)25-22(24-14)16-11-12-18-17-9-5-6-10-19(17)26-20(18)13-16;1-13-7-5-11-16-17-12-6-10-15(19(17)20-18(13)16)14-8-3-2-4-9-14;1-13-7-9-18-16(11-13)17-12-15(8-10-19(17)20-18)14-5-3-2-4-6-14/h2-17H,1H3;3*2-13H,1H3;2*2-12H,1H3. The van der Waals surface area contributed by atoms with E-state index in [9.17, 15) is 0 Å².